The highest BCUT2D eigenvalue weighted by Crippen LogP contribution is 2.25. The smallest absolute Gasteiger partial charge is 0.238 e. The third-order valence-corrected chi connectivity index (χ3v) is 4.62. The van der Waals surface area contributed by atoms with Crippen molar-refractivity contribution in [3.8, 4) is 0 Å². The number of anilines is 2. The fourth-order valence-electron chi connectivity index (χ4n) is 2.93. The van der Waals surface area contributed by atoms with Gasteiger partial charge < -0.3 is 16.0 Å². The molecule has 0 bridgehead atoms. The molecule has 0 heterocycles. The summed E-state index contributed by atoms with van der Waals surface area (Å²) in [5, 5.41) is 9.21. The monoisotopic (exact) mass is 377 g/mol. The van der Waals surface area contributed by atoms with Gasteiger partial charge in [-0.15, -0.1) is 0 Å². The number of hydrogen-bond acceptors (Lipinski definition) is 3. The highest BCUT2D eigenvalue weighted by molar-refractivity contribution is 6.33. The molecular formula is C20H28ClN3O2. The molecule has 142 valence electrons. The van der Waals surface area contributed by atoms with Crippen LogP contribution in [0, 0.1) is 0 Å². The number of nitrogens with one attached hydrogen (secondary N) is 3. The van der Waals surface area contributed by atoms with Gasteiger partial charge in [-0.25, -0.2) is 0 Å². The number of hydrogen-bond donors (Lipinski definition) is 3. The van der Waals surface area contributed by atoms with Gasteiger partial charge in [-0.3, -0.25) is 9.59 Å². The first-order valence-corrected chi connectivity index (χ1v) is 9.74. The van der Waals surface area contributed by atoms with E-state index in [-0.39, 0.29) is 18.4 Å². The molecule has 0 radical (unpaired) electrons. The minimum absolute atomic E-state index is 0.0502. The quantitative estimate of drug-likeness (QED) is 0.438. The third-order valence-electron chi connectivity index (χ3n) is 4.29. The van der Waals surface area contributed by atoms with Gasteiger partial charge in [0.2, 0.25) is 11.8 Å². The minimum Gasteiger partial charge on any atom is -0.326 e. The molecular weight excluding hydrogens is 350 g/mol. The summed E-state index contributed by atoms with van der Waals surface area (Å²) < 4.78 is 0. The van der Waals surface area contributed by atoms with Crippen LogP contribution in [0.2, 0.25) is 5.02 Å². The Morgan fingerprint density at radius 2 is 2.00 bits per heavy atom. The summed E-state index contributed by atoms with van der Waals surface area (Å²) in [5.74, 6) is -0.202. The topological polar surface area (TPSA) is 70.2 Å². The van der Waals surface area contributed by atoms with Crippen LogP contribution in [-0.4, -0.2) is 24.9 Å². The first-order chi connectivity index (χ1) is 12.6. The van der Waals surface area contributed by atoms with Crippen molar-refractivity contribution in [3.63, 3.8) is 0 Å². The number of allylic oxidation sites excluding steroid dienone is 1. The number of carbonyl (C=O) groups excluding carboxylic acids is 2. The fraction of sp³-hybridized carbons (Fsp3) is 0.500. The SMILES string of the molecule is CCCC(=O)Nc1ccc(Cl)c(NC(=O)CNCCC2=CCCCC2)c1. The van der Waals surface area contributed by atoms with Crippen LogP contribution in [-0.2, 0) is 9.59 Å². The summed E-state index contributed by atoms with van der Waals surface area (Å²) in [4.78, 5) is 23.8. The highest BCUT2D eigenvalue weighted by Gasteiger charge is 2.09. The second kappa shape index (κ2) is 11.0. The molecule has 0 aliphatic heterocycles. The van der Waals surface area contributed by atoms with E-state index in [0.717, 1.165) is 19.4 Å². The summed E-state index contributed by atoms with van der Waals surface area (Å²) in [6.07, 6.45) is 9.49. The van der Waals surface area contributed by atoms with Gasteiger partial charge in [-0.2, -0.15) is 0 Å². The fourth-order valence-corrected chi connectivity index (χ4v) is 3.09. The average molecular weight is 378 g/mol. The van der Waals surface area contributed by atoms with Crippen molar-refractivity contribution in [2.24, 2.45) is 0 Å². The lowest BCUT2D eigenvalue weighted by molar-refractivity contribution is -0.116. The van der Waals surface area contributed by atoms with Crippen molar-refractivity contribution in [2.45, 2.75) is 51.9 Å². The average Bonchev–Trinajstić information content (AvgIpc) is 2.63. The summed E-state index contributed by atoms with van der Waals surface area (Å²) in [6, 6.07) is 5.07. The summed E-state index contributed by atoms with van der Waals surface area (Å²) >= 11 is 6.15. The van der Waals surface area contributed by atoms with E-state index in [1.807, 2.05) is 6.92 Å². The molecule has 1 aromatic rings. The molecule has 1 aromatic carbocycles. The second-order valence-corrected chi connectivity index (χ2v) is 6.98. The zero-order chi connectivity index (χ0) is 18.8. The molecule has 0 unspecified atom stereocenters. The maximum absolute atomic E-state index is 12.1. The molecule has 0 fully saturated rings. The van der Waals surface area contributed by atoms with E-state index < -0.39 is 0 Å². The number of carbonyl (C=O) groups is 2. The molecule has 0 spiro atoms. The lowest BCUT2D eigenvalue weighted by Gasteiger charge is -2.13. The maximum Gasteiger partial charge on any atom is 0.238 e. The van der Waals surface area contributed by atoms with Gasteiger partial charge in [0.1, 0.15) is 0 Å². The van der Waals surface area contributed by atoms with Gasteiger partial charge >= 0.3 is 0 Å². The second-order valence-electron chi connectivity index (χ2n) is 6.58. The van der Waals surface area contributed by atoms with E-state index in [1.165, 1.54) is 31.3 Å². The zero-order valence-electron chi connectivity index (χ0n) is 15.4. The van der Waals surface area contributed by atoms with E-state index >= 15 is 0 Å². The van der Waals surface area contributed by atoms with Gasteiger partial charge in [0.15, 0.2) is 0 Å². The van der Waals surface area contributed by atoms with Gasteiger partial charge in [-0.05, 0) is 63.3 Å². The lowest BCUT2D eigenvalue weighted by atomic mass is 9.97. The van der Waals surface area contributed by atoms with Crippen LogP contribution >= 0.6 is 11.6 Å². The molecule has 0 saturated heterocycles. The van der Waals surface area contributed by atoms with Crippen molar-refractivity contribution < 1.29 is 9.59 Å². The van der Waals surface area contributed by atoms with Crippen molar-refractivity contribution >= 4 is 34.8 Å². The Labute approximate surface area is 160 Å². The Morgan fingerprint density at radius 1 is 1.15 bits per heavy atom. The maximum atomic E-state index is 12.1. The van der Waals surface area contributed by atoms with Crippen LogP contribution in [0.1, 0.15) is 51.9 Å². The van der Waals surface area contributed by atoms with Crippen LogP contribution < -0.4 is 16.0 Å². The largest absolute Gasteiger partial charge is 0.326 e. The molecule has 1 aliphatic carbocycles. The van der Waals surface area contributed by atoms with Crippen LogP contribution in [0.5, 0.6) is 0 Å². The highest BCUT2D eigenvalue weighted by atomic mass is 35.5. The van der Waals surface area contributed by atoms with Crippen LogP contribution in [0.3, 0.4) is 0 Å². The van der Waals surface area contributed by atoms with Gasteiger partial charge in [0, 0.05) is 12.1 Å². The Kier molecular flexibility index (Phi) is 8.65. The van der Waals surface area contributed by atoms with Crippen LogP contribution in [0.4, 0.5) is 11.4 Å². The van der Waals surface area contributed by atoms with Gasteiger partial charge in [-0.1, -0.05) is 30.2 Å². The van der Waals surface area contributed by atoms with E-state index in [1.54, 1.807) is 18.2 Å². The van der Waals surface area contributed by atoms with E-state index in [0.29, 0.717) is 22.8 Å². The predicted octanol–water partition coefficient (Wildman–Crippen LogP) is 4.50. The molecule has 2 amide bonds. The first-order valence-electron chi connectivity index (χ1n) is 9.36. The molecule has 26 heavy (non-hydrogen) atoms. The number of benzene rings is 1. The Morgan fingerprint density at radius 3 is 2.73 bits per heavy atom. The van der Waals surface area contributed by atoms with E-state index in [4.69, 9.17) is 11.6 Å². The van der Waals surface area contributed by atoms with E-state index in [2.05, 4.69) is 22.0 Å². The summed E-state index contributed by atoms with van der Waals surface area (Å²) in [6.45, 7) is 2.97. The van der Waals surface area contributed by atoms with E-state index in [9.17, 15) is 9.59 Å². The molecule has 5 nitrogen and oxygen atoms in total. The van der Waals surface area contributed by atoms with Crippen molar-refractivity contribution in [2.75, 3.05) is 23.7 Å². The summed E-state index contributed by atoms with van der Waals surface area (Å²) in [7, 11) is 0. The Hall–Kier alpha value is -1.85. The molecule has 1 aliphatic rings. The molecule has 0 saturated carbocycles. The Bertz CT molecular complexity index is 658. The standard InChI is InChI=1S/C20H28ClN3O2/c1-2-6-19(25)23-16-9-10-17(21)18(13-16)24-20(26)14-22-12-11-15-7-4-3-5-8-15/h7,9-10,13,22H,2-6,8,11-12,14H2,1H3,(H,23,25)(H,24,26). The first kappa shape index (κ1) is 20.5. The van der Waals surface area contributed by atoms with Crippen molar-refractivity contribution in [1.29, 1.82) is 0 Å². The number of amides is 2. The number of halogens is 1. The molecule has 2 rings (SSSR count). The van der Waals surface area contributed by atoms with Crippen LogP contribution in [0.25, 0.3) is 0 Å². The van der Waals surface area contributed by atoms with Crippen LogP contribution in [0.15, 0.2) is 29.8 Å². The predicted molar refractivity (Wildman–Crippen MR) is 108 cm³/mol. The van der Waals surface area contributed by atoms with Crippen molar-refractivity contribution in [3.05, 3.63) is 34.9 Å². The number of rotatable bonds is 9. The molecule has 6 heteroatoms. The van der Waals surface area contributed by atoms with Gasteiger partial charge in [0.05, 0.1) is 17.3 Å². The normalized spacial score (nSPS) is 13.8. The molecule has 0 aromatic heterocycles. The Balaban J connectivity index is 1.78. The summed E-state index contributed by atoms with van der Waals surface area (Å²) in [5.41, 5.74) is 2.62. The lowest BCUT2D eigenvalue weighted by Crippen LogP contribution is -2.29. The zero-order valence-corrected chi connectivity index (χ0v) is 16.1. The third kappa shape index (κ3) is 7.18. The van der Waals surface area contributed by atoms with Crippen molar-refractivity contribution in [1.82, 2.24) is 5.32 Å². The molecule has 0 atom stereocenters. The van der Waals surface area contributed by atoms with Gasteiger partial charge in [0.25, 0.3) is 0 Å². The minimum atomic E-state index is -0.151. The molecule has 3 N–H and O–H groups in total.